The van der Waals surface area contributed by atoms with Gasteiger partial charge in [0.05, 0.1) is 18.8 Å². The maximum Gasteiger partial charge on any atom is 0.432 e. The number of aliphatic hydroxyl groups is 1. The molecule has 0 aromatic heterocycles. The van der Waals surface area contributed by atoms with Crippen LogP contribution in [-0.4, -0.2) is 186 Å². The number of carbonyl (C=O) groups excluding carboxylic acids is 13. The highest BCUT2D eigenvalue weighted by atomic mass is 16.7. The van der Waals surface area contributed by atoms with E-state index in [0.717, 1.165) is 19.4 Å². The van der Waals surface area contributed by atoms with Crippen LogP contribution in [0, 0.1) is 5.92 Å². The number of rotatable bonds is 21. The Morgan fingerprint density at radius 1 is 0.531 bits per heavy atom. The predicted octanol–water partition coefficient (Wildman–Crippen LogP) is 1.07. The van der Waals surface area contributed by atoms with E-state index in [-0.39, 0.29) is 51.4 Å². The molecule has 14 N–H and O–H groups in total. The second-order valence-corrected chi connectivity index (χ2v) is 26.3. The quantitative estimate of drug-likeness (QED) is 0.0614. The monoisotopic (exact) mass is 1350 g/mol. The fourth-order valence-electron chi connectivity index (χ4n) is 9.05. The van der Waals surface area contributed by atoms with Crippen molar-refractivity contribution in [2.24, 2.45) is 5.92 Å². The third-order valence-electron chi connectivity index (χ3n) is 13.6. The minimum atomic E-state index is -1.84. The molecule has 534 valence electrons. The zero-order chi connectivity index (χ0) is 72.1. The van der Waals surface area contributed by atoms with E-state index in [9.17, 15) is 67.4 Å². The normalized spacial score (nSPS) is 20.8. The standard InChI is InChI=1S/C64H99N13O19/c1-36(2)33-46-54(84)72-42(26-30-66-58(88)93-62(6,7)8)50(80)71-44(28-32-68-60(90)95-64(12,13)14)53(83)76-48(37(3)78)56(86)65-29-25-45(75-61(91)96-77-57(87)49(69-39(5)79)38(4)92-35-41-23-19-16-20-24-41)52(82)70-43(27-31-67-59(89)94-63(9,10)11)51(81)74-47(55(85)73-46)34-40-21-17-15-18-22-40/h15-24,36-38,42-49,78H,25-35H2,1-14H3,(H,65,86)(H,66,88)(H,67,89)(H,68,90)(H,69,79)(H,70,82)(H,71,80)(H,72,84)(H,73,85)(H,74,81)(H,75,91)(H,76,83)(H,77,87)/t37-,38-,42+,43+,44+,45+,46+,47-,48+,49+/m1/s1. The third-order valence-corrected chi connectivity index (χ3v) is 13.6. The molecule has 96 heavy (non-hydrogen) atoms. The number of ether oxygens (including phenoxy) is 4. The Bertz CT molecular complexity index is 2950. The molecular weight excluding hydrogens is 1250 g/mol. The number of amides is 13. The molecule has 0 radical (unpaired) electrons. The molecule has 0 bridgehead atoms. The van der Waals surface area contributed by atoms with E-state index in [2.05, 4.69) is 63.8 Å². The van der Waals surface area contributed by atoms with Gasteiger partial charge in [0.15, 0.2) is 0 Å². The van der Waals surface area contributed by atoms with Gasteiger partial charge in [-0.05, 0) is 125 Å². The minimum Gasteiger partial charge on any atom is -0.444 e. The summed E-state index contributed by atoms with van der Waals surface area (Å²) >= 11 is 0. The summed E-state index contributed by atoms with van der Waals surface area (Å²) in [5.41, 5.74) is 0.326. The largest absolute Gasteiger partial charge is 0.444 e. The average molecular weight is 1350 g/mol. The molecule has 2 aromatic carbocycles. The Labute approximate surface area is 559 Å². The van der Waals surface area contributed by atoms with Gasteiger partial charge in [-0.15, -0.1) is 0 Å². The summed E-state index contributed by atoms with van der Waals surface area (Å²) in [6.07, 6.45) is -8.98. The molecule has 13 amide bonds. The van der Waals surface area contributed by atoms with Gasteiger partial charge in [-0.25, -0.2) is 19.2 Å². The van der Waals surface area contributed by atoms with Crippen LogP contribution in [0.2, 0.25) is 0 Å². The van der Waals surface area contributed by atoms with Crippen molar-refractivity contribution in [3.8, 4) is 0 Å². The lowest BCUT2D eigenvalue weighted by molar-refractivity contribution is -0.139. The van der Waals surface area contributed by atoms with Crippen LogP contribution in [0.4, 0.5) is 19.2 Å². The van der Waals surface area contributed by atoms with Crippen LogP contribution in [0.15, 0.2) is 60.7 Å². The van der Waals surface area contributed by atoms with Crippen molar-refractivity contribution in [1.29, 1.82) is 0 Å². The molecule has 32 nitrogen and oxygen atoms in total. The fraction of sp³-hybridized carbons (Fsp3) is 0.609. The molecule has 0 aliphatic carbocycles. The summed E-state index contributed by atoms with van der Waals surface area (Å²) < 4.78 is 21.9. The van der Waals surface area contributed by atoms with E-state index in [1.54, 1.807) is 137 Å². The first kappa shape index (κ1) is 80.9. The Hall–Kier alpha value is -9.33. The van der Waals surface area contributed by atoms with Gasteiger partial charge in [0.2, 0.25) is 47.3 Å². The molecule has 1 heterocycles. The van der Waals surface area contributed by atoms with Gasteiger partial charge < -0.3 is 92.7 Å². The third kappa shape index (κ3) is 32.2. The first-order valence-corrected chi connectivity index (χ1v) is 31.7. The number of hydrogen-bond donors (Lipinski definition) is 14. The zero-order valence-corrected chi connectivity index (χ0v) is 57.2. The van der Waals surface area contributed by atoms with Gasteiger partial charge in [-0.3, -0.25) is 43.2 Å². The van der Waals surface area contributed by atoms with E-state index in [4.69, 9.17) is 23.8 Å². The van der Waals surface area contributed by atoms with Crippen molar-refractivity contribution >= 4 is 77.5 Å². The van der Waals surface area contributed by atoms with E-state index in [1.165, 1.54) is 6.92 Å². The maximum absolute atomic E-state index is 14.8. The van der Waals surface area contributed by atoms with Crippen LogP contribution in [0.3, 0.4) is 0 Å². The second kappa shape index (κ2) is 38.9. The van der Waals surface area contributed by atoms with Crippen molar-refractivity contribution < 1.29 is 91.2 Å². The van der Waals surface area contributed by atoms with Gasteiger partial charge in [0.25, 0.3) is 5.91 Å². The molecule has 2 aromatic rings. The molecule has 1 saturated heterocycles. The number of hydrogen-bond acceptors (Lipinski definition) is 19. The number of carbonyl (C=O) groups is 13. The molecule has 32 heteroatoms. The van der Waals surface area contributed by atoms with Crippen LogP contribution >= 0.6 is 0 Å². The van der Waals surface area contributed by atoms with Gasteiger partial charge in [0, 0.05) is 39.5 Å². The maximum atomic E-state index is 14.8. The number of alkyl carbamates (subject to hydrolysis) is 3. The van der Waals surface area contributed by atoms with Crippen LogP contribution in [-0.2, 0) is 80.0 Å². The van der Waals surface area contributed by atoms with Crippen molar-refractivity contribution in [1.82, 2.24) is 69.3 Å². The van der Waals surface area contributed by atoms with Gasteiger partial charge in [0.1, 0.15) is 65.1 Å². The van der Waals surface area contributed by atoms with E-state index >= 15 is 0 Å². The summed E-state index contributed by atoms with van der Waals surface area (Å²) in [7, 11) is 0. The number of benzene rings is 2. The lowest BCUT2D eigenvalue weighted by Gasteiger charge is -2.29. The molecular formula is C64H99N13O19. The molecule has 0 saturated carbocycles. The first-order chi connectivity index (χ1) is 44.8. The van der Waals surface area contributed by atoms with Crippen LogP contribution < -0.4 is 69.3 Å². The smallest absolute Gasteiger partial charge is 0.432 e. The molecule has 0 spiro atoms. The zero-order valence-electron chi connectivity index (χ0n) is 57.2. The van der Waals surface area contributed by atoms with E-state index in [0.29, 0.717) is 5.56 Å². The second-order valence-electron chi connectivity index (χ2n) is 26.3. The summed E-state index contributed by atoms with van der Waals surface area (Å²) in [6, 6.07) is 4.10. The molecule has 1 aliphatic rings. The number of aliphatic hydroxyl groups excluding tert-OH is 1. The topological polar surface area (TPSA) is 445 Å². The van der Waals surface area contributed by atoms with Crippen molar-refractivity contribution in [3.05, 3.63) is 71.8 Å². The summed E-state index contributed by atoms with van der Waals surface area (Å²) in [6.45, 7) is 20.2. The van der Waals surface area contributed by atoms with Gasteiger partial charge >= 0.3 is 24.4 Å². The fourth-order valence-corrected chi connectivity index (χ4v) is 9.05. The highest BCUT2D eigenvalue weighted by Gasteiger charge is 2.37. The number of hydroxylamine groups is 1. The van der Waals surface area contributed by atoms with Crippen molar-refractivity contribution in [2.45, 2.75) is 219 Å². The highest BCUT2D eigenvalue weighted by Crippen LogP contribution is 2.14. The predicted molar refractivity (Wildman–Crippen MR) is 347 cm³/mol. The number of nitrogens with one attached hydrogen (secondary N) is 13. The molecule has 3 rings (SSSR count). The average Bonchev–Trinajstić information content (AvgIpc) is 0.929. The van der Waals surface area contributed by atoms with Gasteiger partial charge in [-0.2, -0.15) is 5.48 Å². The Kier molecular flexibility index (Phi) is 32.8. The lowest BCUT2D eigenvalue weighted by atomic mass is 10.00. The van der Waals surface area contributed by atoms with Crippen LogP contribution in [0.1, 0.15) is 140 Å². The first-order valence-electron chi connectivity index (χ1n) is 31.7. The Morgan fingerprint density at radius 2 is 0.938 bits per heavy atom. The SMILES string of the molecule is CC(=O)N[C@H](C(=O)NOC(=O)N[C@H]1CCNC(=O)[C@H]([C@@H](C)O)NC(=O)[C@H](CCNC(=O)OC(C)(C)C)NC(=O)[C@H](CCNC(=O)OC(C)(C)C)NC(=O)[C@H](CC(C)C)NC(=O)[C@@H](Cc2ccccc2)NC(=O)[C@H](CCNC(=O)OC(C)(C)C)NC1=O)[C@@H](C)OCc1ccccc1. The van der Waals surface area contributed by atoms with E-state index < -0.39 is 181 Å². The molecule has 10 atom stereocenters. The summed E-state index contributed by atoms with van der Waals surface area (Å²) in [5.74, 6) is -9.37. The van der Waals surface area contributed by atoms with Crippen LogP contribution in [0.5, 0.6) is 0 Å². The Balaban J connectivity index is 2.24. The van der Waals surface area contributed by atoms with Crippen molar-refractivity contribution in [3.63, 3.8) is 0 Å². The van der Waals surface area contributed by atoms with Gasteiger partial charge in [-0.1, -0.05) is 74.5 Å². The summed E-state index contributed by atoms with van der Waals surface area (Å²) in [4.78, 5) is 186. The van der Waals surface area contributed by atoms with Crippen molar-refractivity contribution in [2.75, 3.05) is 26.2 Å². The minimum absolute atomic E-state index is 0.0201. The molecule has 0 unspecified atom stereocenters. The summed E-state index contributed by atoms with van der Waals surface area (Å²) in [5, 5.41) is 41.2. The lowest BCUT2D eigenvalue weighted by Crippen LogP contribution is -2.61. The molecule has 1 fully saturated rings. The Morgan fingerprint density at radius 3 is 1.38 bits per heavy atom. The molecule has 1 aliphatic heterocycles. The van der Waals surface area contributed by atoms with E-state index in [1.807, 2.05) is 5.48 Å². The highest BCUT2D eigenvalue weighted by molar-refractivity contribution is 5.98. The van der Waals surface area contributed by atoms with Crippen LogP contribution in [0.25, 0.3) is 0 Å².